The fraction of sp³-hybridized carbons (Fsp3) is 0.600. The van der Waals surface area contributed by atoms with Gasteiger partial charge in [0.15, 0.2) is 6.29 Å². The topological polar surface area (TPSA) is 30.5 Å². The van der Waals surface area contributed by atoms with Gasteiger partial charge in [-0.05, 0) is 45.4 Å². The van der Waals surface area contributed by atoms with Gasteiger partial charge in [0.1, 0.15) is 0 Å². The van der Waals surface area contributed by atoms with Gasteiger partial charge in [-0.1, -0.05) is 29.3 Å². The largest absolute Gasteiger partial charge is 0.353 e. The van der Waals surface area contributed by atoms with E-state index in [4.69, 9.17) is 32.7 Å². The first kappa shape index (κ1) is 17.7. The van der Waals surface area contributed by atoms with Crippen molar-refractivity contribution in [3.8, 4) is 0 Å². The summed E-state index contributed by atoms with van der Waals surface area (Å²) in [5, 5.41) is 4.74. The normalized spacial score (nSPS) is 11.2. The van der Waals surface area contributed by atoms with Crippen LogP contribution in [-0.4, -0.2) is 26.0 Å². The summed E-state index contributed by atoms with van der Waals surface area (Å²) in [5.74, 6) is 0. The molecule has 5 heteroatoms. The minimum Gasteiger partial charge on any atom is -0.353 e. The molecule has 3 nitrogen and oxygen atoms in total. The van der Waals surface area contributed by atoms with Crippen molar-refractivity contribution in [2.45, 2.75) is 39.5 Å². The number of hydrogen-bond donors (Lipinski definition) is 1. The highest BCUT2D eigenvalue weighted by Gasteiger charge is 2.08. The maximum atomic E-state index is 6.11. The molecule has 0 aliphatic heterocycles. The Kier molecular flexibility index (Phi) is 9.23. The predicted molar refractivity (Wildman–Crippen MR) is 84.4 cm³/mol. The van der Waals surface area contributed by atoms with E-state index in [1.165, 1.54) is 0 Å². The van der Waals surface area contributed by atoms with Gasteiger partial charge >= 0.3 is 0 Å². The van der Waals surface area contributed by atoms with Gasteiger partial charge in [0, 0.05) is 35.4 Å². The van der Waals surface area contributed by atoms with Crippen LogP contribution in [0.15, 0.2) is 18.2 Å². The van der Waals surface area contributed by atoms with Crippen LogP contribution in [0.4, 0.5) is 0 Å². The molecule has 0 radical (unpaired) electrons. The lowest BCUT2D eigenvalue weighted by Crippen LogP contribution is -2.21. The van der Waals surface area contributed by atoms with E-state index < -0.39 is 0 Å². The number of hydrogen-bond acceptors (Lipinski definition) is 3. The van der Waals surface area contributed by atoms with Crippen LogP contribution >= 0.6 is 23.2 Å². The van der Waals surface area contributed by atoms with Crippen LogP contribution in [0.3, 0.4) is 0 Å². The Morgan fingerprint density at radius 2 is 1.70 bits per heavy atom. The first-order valence-electron chi connectivity index (χ1n) is 7.05. The molecular formula is C15H23Cl2NO2. The minimum atomic E-state index is -0.101. The van der Waals surface area contributed by atoms with Crippen molar-refractivity contribution in [3.63, 3.8) is 0 Å². The van der Waals surface area contributed by atoms with Crippen molar-refractivity contribution in [2.24, 2.45) is 0 Å². The highest BCUT2D eigenvalue weighted by Crippen LogP contribution is 2.23. The van der Waals surface area contributed by atoms with Crippen LogP contribution in [-0.2, 0) is 16.0 Å². The zero-order valence-electron chi connectivity index (χ0n) is 12.1. The first-order chi connectivity index (χ1) is 9.69. The molecule has 114 valence electrons. The average molecular weight is 320 g/mol. The first-order valence-corrected chi connectivity index (χ1v) is 7.81. The van der Waals surface area contributed by atoms with Gasteiger partial charge in [0.25, 0.3) is 0 Å². The molecule has 1 rings (SSSR count). The van der Waals surface area contributed by atoms with Crippen molar-refractivity contribution >= 4 is 23.2 Å². The summed E-state index contributed by atoms with van der Waals surface area (Å²) >= 11 is 12.2. The molecule has 0 saturated carbocycles. The molecular weight excluding hydrogens is 297 g/mol. The smallest absolute Gasteiger partial charge is 0.157 e. The SMILES string of the molecule is CCOC(CCCNCc1c(Cl)cccc1Cl)OCC. The monoisotopic (exact) mass is 319 g/mol. The highest BCUT2D eigenvalue weighted by molar-refractivity contribution is 6.35. The maximum absolute atomic E-state index is 6.11. The number of rotatable bonds is 10. The van der Waals surface area contributed by atoms with E-state index in [1.54, 1.807) is 0 Å². The van der Waals surface area contributed by atoms with Gasteiger partial charge < -0.3 is 14.8 Å². The zero-order chi connectivity index (χ0) is 14.8. The van der Waals surface area contributed by atoms with Crippen LogP contribution in [0, 0.1) is 0 Å². The molecule has 0 amide bonds. The summed E-state index contributed by atoms with van der Waals surface area (Å²) < 4.78 is 11.0. The van der Waals surface area contributed by atoms with Crippen LogP contribution in [0.2, 0.25) is 10.0 Å². The van der Waals surface area contributed by atoms with E-state index in [0.717, 1.165) is 24.9 Å². The Balaban J connectivity index is 2.24. The summed E-state index contributed by atoms with van der Waals surface area (Å²) in [5.41, 5.74) is 0.946. The van der Waals surface area contributed by atoms with Gasteiger partial charge in [-0.25, -0.2) is 0 Å². The molecule has 0 unspecified atom stereocenters. The molecule has 0 atom stereocenters. The van der Waals surface area contributed by atoms with Crippen molar-refractivity contribution in [2.75, 3.05) is 19.8 Å². The summed E-state index contributed by atoms with van der Waals surface area (Å²) in [4.78, 5) is 0. The third-order valence-corrected chi connectivity index (χ3v) is 3.57. The molecule has 20 heavy (non-hydrogen) atoms. The standard InChI is InChI=1S/C15H23Cl2NO2/c1-3-19-15(20-4-2)9-6-10-18-11-12-13(16)7-5-8-14(12)17/h5,7-8,15,18H,3-4,6,9-11H2,1-2H3. The van der Waals surface area contributed by atoms with Crippen LogP contribution in [0.25, 0.3) is 0 Å². The Labute approximate surface area is 131 Å². The molecule has 1 aromatic carbocycles. The minimum absolute atomic E-state index is 0.101. The third kappa shape index (κ3) is 6.42. The van der Waals surface area contributed by atoms with Crippen molar-refractivity contribution < 1.29 is 9.47 Å². The van der Waals surface area contributed by atoms with Crippen LogP contribution in [0.5, 0.6) is 0 Å². The molecule has 0 fully saturated rings. The van der Waals surface area contributed by atoms with Crippen molar-refractivity contribution in [3.05, 3.63) is 33.8 Å². The third-order valence-electron chi connectivity index (χ3n) is 2.86. The Morgan fingerprint density at radius 3 is 2.25 bits per heavy atom. The van der Waals surface area contributed by atoms with Gasteiger partial charge in [-0.15, -0.1) is 0 Å². The molecule has 1 N–H and O–H groups in total. The molecule has 0 saturated heterocycles. The quantitative estimate of drug-likeness (QED) is 0.516. The Hall–Kier alpha value is -0.320. The van der Waals surface area contributed by atoms with E-state index in [0.29, 0.717) is 29.8 Å². The zero-order valence-corrected chi connectivity index (χ0v) is 13.6. The average Bonchev–Trinajstić information content (AvgIpc) is 2.41. The molecule has 0 aliphatic rings. The second-order valence-electron chi connectivity index (χ2n) is 4.36. The fourth-order valence-corrected chi connectivity index (χ4v) is 2.43. The summed E-state index contributed by atoms with van der Waals surface area (Å²) in [6, 6.07) is 5.55. The molecule has 0 aromatic heterocycles. The van der Waals surface area contributed by atoms with E-state index in [2.05, 4.69) is 5.32 Å². The summed E-state index contributed by atoms with van der Waals surface area (Å²) in [6.45, 7) is 6.85. The van der Waals surface area contributed by atoms with Crippen molar-refractivity contribution in [1.82, 2.24) is 5.32 Å². The van der Waals surface area contributed by atoms with E-state index in [9.17, 15) is 0 Å². The van der Waals surface area contributed by atoms with E-state index >= 15 is 0 Å². The van der Waals surface area contributed by atoms with Gasteiger partial charge in [0.05, 0.1) is 0 Å². The molecule has 1 aromatic rings. The molecule has 0 heterocycles. The second-order valence-corrected chi connectivity index (χ2v) is 5.17. The number of ether oxygens (including phenoxy) is 2. The number of halogens is 2. The van der Waals surface area contributed by atoms with Crippen LogP contribution in [0.1, 0.15) is 32.3 Å². The van der Waals surface area contributed by atoms with Gasteiger partial charge in [-0.3, -0.25) is 0 Å². The van der Waals surface area contributed by atoms with E-state index in [-0.39, 0.29) is 6.29 Å². The lowest BCUT2D eigenvalue weighted by Gasteiger charge is -2.16. The molecule has 0 aliphatic carbocycles. The summed E-state index contributed by atoms with van der Waals surface area (Å²) in [7, 11) is 0. The van der Waals surface area contributed by atoms with Crippen molar-refractivity contribution in [1.29, 1.82) is 0 Å². The molecule has 0 spiro atoms. The van der Waals surface area contributed by atoms with Gasteiger partial charge in [0.2, 0.25) is 0 Å². The maximum Gasteiger partial charge on any atom is 0.157 e. The lowest BCUT2D eigenvalue weighted by molar-refractivity contribution is -0.139. The fourth-order valence-electron chi connectivity index (χ4n) is 1.89. The highest BCUT2D eigenvalue weighted by atomic mass is 35.5. The van der Waals surface area contributed by atoms with E-state index in [1.807, 2.05) is 32.0 Å². The van der Waals surface area contributed by atoms with Gasteiger partial charge in [-0.2, -0.15) is 0 Å². The molecule has 0 bridgehead atoms. The van der Waals surface area contributed by atoms with Crippen LogP contribution < -0.4 is 5.32 Å². The second kappa shape index (κ2) is 10.4. The Morgan fingerprint density at radius 1 is 1.10 bits per heavy atom. The lowest BCUT2D eigenvalue weighted by atomic mass is 10.2. The number of nitrogens with one attached hydrogen (secondary N) is 1. The Bertz CT molecular complexity index is 362. The summed E-state index contributed by atoms with van der Waals surface area (Å²) in [6.07, 6.45) is 1.76. The predicted octanol–water partition coefficient (Wildman–Crippen LogP) is 4.26. The number of benzene rings is 1.